The van der Waals surface area contributed by atoms with Gasteiger partial charge in [-0.15, -0.1) is 0 Å². The zero-order chi connectivity index (χ0) is 34.8. The number of pyridine rings is 2. The van der Waals surface area contributed by atoms with Gasteiger partial charge in [-0.1, -0.05) is 141 Å². The van der Waals surface area contributed by atoms with Crippen molar-refractivity contribution in [1.82, 2.24) is 14.5 Å². The average molecular weight is 666 g/mol. The minimum absolute atomic E-state index is 0.124. The van der Waals surface area contributed by atoms with Gasteiger partial charge in [0, 0.05) is 51.0 Å². The van der Waals surface area contributed by atoms with Crippen LogP contribution in [0.3, 0.4) is 0 Å². The normalized spacial score (nSPS) is 13.0. The van der Waals surface area contributed by atoms with Crippen molar-refractivity contribution in [3.8, 4) is 61.7 Å². The van der Waals surface area contributed by atoms with Crippen molar-refractivity contribution in [2.24, 2.45) is 0 Å². The van der Waals surface area contributed by atoms with Crippen molar-refractivity contribution in [2.75, 3.05) is 0 Å². The summed E-state index contributed by atoms with van der Waals surface area (Å²) in [5.74, 6) is 0. The Bertz CT molecular complexity index is 2800. The molecule has 9 aromatic rings. The van der Waals surface area contributed by atoms with Crippen LogP contribution < -0.4 is 0 Å². The summed E-state index contributed by atoms with van der Waals surface area (Å²) in [5.41, 5.74) is 16.4. The van der Waals surface area contributed by atoms with Gasteiger partial charge >= 0.3 is 0 Å². The van der Waals surface area contributed by atoms with E-state index in [0.717, 1.165) is 28.2 Å². The third-order valence-electron chi connectivity index (χ3n) is 10.9. The summed E-state index contributed by atoms with van der Waals surface area (Å²) in [5, 5.41) is 3.58. The van der Waals surface area contributed by atoms with E-state index in [2.05, 4.69) is 175 Å². The summed E-state index contributed by atoms with van der Waals surface area (Å²) in [7, 11) is 0. The lowest BCUT2D eigenvalue weighted by Gasteiger charge is -2.23. The predicted molar refractivity (Wildman–Crippen MR) is 216 cm³/mol. The molecule has 0 aliphatic heterocycles. The molecule has 0 atom stereocenters. The van der Waals surface area contributed by atoms with E-state index in [9.17, 15) is 0 Å². The molecular weight excluding hydrogens is 631 g/mol. The number of rotatable bonds is 5. The lowest BCUT2D eigenvalue weighted by atomic mass is 9.82. The number of fused-ring (bicyclic) bond motifs is 6. The maximum absolute atomic E-state index is 5.18. The first-order valence-electron chi connectivity index (χ1n) is 17.9. The standard InChI is InChI=1S/C49H35N3/c1-49(2)42-20-10-9-17-37(42)38-24-23-35(31-43(38)49)52-47(34-15-7-4-8-16-34)46(33-13-5-3-6-14-33)41-26-25-36-39(18-11-19-40(36)48(41)52)45-22-12-21-44(51-45)32-27-29-50-30-28-32/h3-31H,1-2H3. The first-order valence-corrected chi connectivity index (χ1v) is 17.9. The molecule has 0 N–H and O–H groups in total. The lowest BCUT2D eigenvalue weighted by molar-refractivity contribution is 0.660. The summed E-state index contributed by atoms with van der Waals surface area (Å²) < 4.78 is 2.53. The second-order valence-corrected chi connectivity index (χ2v) is 14.2. The molecule has 52 heavy (non-hydrogen) atoms. The molecular formula is C49H35N3. The third kappa shape index (κ3) is 4.59. The van der Waals surface area contributed by atoms with Gasteiger partial charge in [-0.2, -0.15) is 0 Å². The Hall–Kier alpha value is -6.58. The van der Waals surface area contributed by atoms with Gasteiger partial charge in [0.2, 0.25) is 0 Å². The predicted octanol–water partition coefficient (Wildman–Crippen LogP) is 12.5. The fraction of sp³-hybridized carbons (Fsp3) is 0.0612. The molecule has 0 bridgehead atoms. The highest BCUT2D eigenvalue weighted by Crippen LogP contribution is 2.51. The Kier molecular flexibility index (Phi) is 6.84. The number of benzene rings is 6. The highest BCUT2D eigenvalue weighted by atomic mass is 15.0. The number of aromatic nitrogens is 3. The Labute approximate surface area is 303 Å². The van der Waals surface area contributed by atoms with Crippen molar-refractivity contribution < 1.29 is 0 Å². The molecule has 1 aliphatic rings. The third-order valence-corrected chi connectivity index (χ3v) is 10.9. The van der Waals surface area contributed by atoms with Crippen LogP contribution in [0.1, 0.15) is 25.0 Å². The molecule has 246 valence electrons. The summed E-state index contributed by atoms with van der Waals surface area (Å²) in [6.45, 7) is 4.72. The van der Waals surface area contributed by atoms with Crippen LogP contribution in [-0.4, -0.2) is 14.5 Å². The van der Waals surface area contributed by atoms with Crippen molar-refractivity contribution >= 4 is 21.7 Å². The summed E-state index contributed by atoms with van der Waals surface area (Å²) in [6.07, 6.45) is 3.64. The van der Waals surface area contributed by atoms with Crippen LogP contribution in [0.15, 0.2) is 176 Å². The molecule has 0 radical (unpaired) electrons. The zero-order valence-corrected chi connectivity index (χ0v) is 29.1. The van der Waals surface area contributed by atoms with Crippen molar-refractivity contribution in [3.05, 3.63) is 187 Å². The zero-order valence-electron chi connectivity index (χ0n) is 29.1. The second kappa shape index (κ2) is 11.8. The quantitative estimate of drug-likeness (QED) is 0.183. The van der Waals surface area contributed by atoms with Crippen LogP contribution in [0.4, 0.5) is 0 Å². The molecule has 0 spiro atoms. The number of hydrogen-bond donors (Lipinski definition) is 0. The smallest absolute Gasteiger partial charge is 0.0715 e. The SMILES string of the molecule is CC1(C)c2ccccc2-c2ccc(-n3c(-c4ccccc4)c(-c4ccccc4)c4ccc5c(-c6cccc(-c7ccncc7)n6)cccc5c43)cc21. The van der Waals surface area contributed by atoms with E-state index in [4.69, 9.17) is 4.98 Å². The van der Waals surface area contributed by atoms with Crippen LogP contribution in [0, 0.1) is 0 Å². The molecule has 0 amide bonds. The average Bonchev–Trinajstić information content (AvgIpc) is 3.68. The van der Waals surface area contributed by atoms with E-state index in [1.54, 1.807) is 0 Å². The van der Waals surface area contributed by atoms with Gasteiger partial charge in [0.1, 0.15) is 0 Å². The summed E-state index contributed by atoms with van der Waals surface area (Å²) in [4.78, 5) is 9.40. The highest BCUT2D eigenvalue weighted by molar-refractivity contribution is 6.18. The molecule has 10 rings (SSSR count). The van der Waals surface area contributed by atoms with Gasteiger partial charge < -0.3 is 4.57 Å². The highest BCUT2D eigenvalue weighted by Gasteiger charge is 2.36. The van der Waals surface area contributed by atoms with Gasteiger partial charge in [0.15, 0.2) is 0 Å². The largest absolute Gasteiger partial charge is 0.308 e. The van der Waals surface area contributed by atoms with E-state index in [1.165, 1.54) is 66.3 Å². The maximum atomic E-state index is 5.18. The van der Waals surface area contributed by atoms with Gasteiger partial charge in [0.05, 0.1) is 22.6 Å². The van der Waals surface area contributed by atoms with Crippen molar-refractivity contribution in [2.45, 2.75) is 19.3 Å². The molecule has 1 aliphatic carbocycles. The lowest BCUT2D eigenvalue weighted by Crippen LogP contribution is -2.15. The molecule has 3 heterocycles. The van der Waals surface area contributed by atoms with Crippen LogP contribution >= 0.6 is 0 Å². The maximum Gasteiger partial charge on any atom is 0.0715 e. The molecule has 6 aromatic carbocycles. The van der Waals surface area contributed by atoms with Gasteiger partial charge in [0.25, 0.3) is 0 Å². The Balaban J connectivity index is 1.31. The van der Waals surface area contributed by atoms with Crippen molar-refractivity contribution in [1.29, 1.82) is 0 Å². The minimum Gasteiger partial charge on any atom is -0.308 e. The fourth-order valence-electron chi connectivity index (χ4n) is 8.48. The van der Waals surface area contributed by atoms with Crippen LogP contribution in [0.25, 0.3) is 83.4 Å². The molecule has 3 nitrogen and oxygen atoms in total. The summed E-state index contributed by atoms with van der Waals surface area (Å²) in [6, 6.07) is 59.3. The van der Waals surface area contributed by atoms with Crippen LogP contribution in [-0.2, 0) is 5.41 Å². The molecule has 0 fully saturated rings. The minimum atomic E-state index is -0.124. The van der Waals surface area contributed by atoms with E-state index >= 15 is 0 Å². The molecule has 0 saturated carbocycles. The summed E-state index contributed by atoms with van der Waals surface area (Å²) >= 11 is 0. The van der Waals surface area contributed by atoms with E-state index in [1.807, 2.05) is 24.5 Å². The first-order chi connectivity index (χ1) is 25.6. The Morgan fingerprint density at radius 1 is 0.462 bits per heavy atom. The topological polar surface area (TPSA) is 30.7 Å². The Morgan fingerprint density at radius 2 is 1.12 bits per heavy atom. The van der Waals surface area contributed by atoms with E-state index in [-0.39, 0.29) is 5.41 Å². The van der Waals surface area contributed by atoms with Gasteiger partial charge in [-0.25, -0.2) is 4.98 Å². The Morgan fingerprint density at radius 3 is 1.92 bits per heavy atom. The number of hydrogen-bond acceptors (Lipinski definition) is 2. The number of nitrogens with zero attached hydrogens (tertiary/aromatic N) is 3. The monoisotopic (exact) mass is 665 g/mol. The van der Waals surface area contributed by atoms with E-state index in [0.29, 0.717) is 0 Å². The van der Waals surface area contributed by atoms with Crippen molar-refractivity contribution in [3.63, 3.8) is 0 Å². The molecule has 0 unspecified atom stereocenters. The fourth-order valence-corrected chi connectivity index (χ4v) is 8.48. The second-order valence-electron chi connectivity index (χ2n) is 14.2. The molecule has 3 aromatic heterocycles. The van der Waals surface area contributed by atoms with Crippen LogP contribution in [0.2, 0.25) is 0 Å². The van der Waals surface area contributed by atoms with Gasteiger partial charge in [-0.3, -0.25) is 4.98 Å². The molecule has 3 heteroatoms. The van der Waals surface area contributed by atoms with E-state index < -0.39 is 0 Å². The van der Waals surface area contributed by atoms with Gasteiger partial charge in [-0.05, 0) is 75.2 Å². The van der Waals surface area contributed by atoms with Crippen LogP contribution in [0.5, 0.6) is 0 Å². The first kappa shape index (κ1) is 30.3. The molecule has 0 saturated heterocycles.